The van der Waals surface area contributed by atoms with Crippen LogP contribution in [0.1, 0.15) is 36.9 Å². The Morgan fingerprint density at radius 1 is 1.26 bits per heavy atom. The van der Waals surface area contributed by atoms with Crippen LogP contribution in [-0.2, 0) is 6.42 Å². The molecule has 1 aliphatic carbocycles. The molecular formula is C15H14ClIN2. The summed E-state index contributed by atoms with van der Waals surface area (Å²) in [6.07, 6.45) is 3.41. The molecule has 1 aliphatic rings. The second-order valence-electron chi connectivity index (χ2n) is 4.82. The fourth-order valence-electron chi connectivity index (χ4n) is 2.23. The Morgan fingerprint density at radius 2 is 2.00 bits per heavy atom. The zero-order valence-electron chi connectivity index (χ0n) is 10.7. The van der Waals surface area contributed by atoms with Crippen molar-refractivity contribution in [3.05, 3.63) is 44.2 Å². The van der Waals surface area contributed by atoms with Gasteiger partial charge in [0.25, 0.3) is 0 Å². The molecule has 0 spiro atoms. The highest BCUT2D eigenvalue weighted by molar-refractivity contribution is 14.1. The molecule has 0 N–H and O–H groups in total. The SMILES string of the molecule is CCc1ccccc1-c1nc(Cl)c(I)c(C2CC2)n1. The summed E-state index contributed by atoms with van der Waals surface area (Å²) in [5.41, 5.74) is 3.49. The Balaban J connectivity index is 2.14. The summed E-state index contributed by atoms with van der Waals surface area (Å²) in [6.45, 7) is 2.15. The van der Waals surface area contributed by atoms with Gasteiger partial charge in [0.15, 0.2) is 5.82 Å². The molecule has 1 aromatic carbocycles. The number of nitrogens with zero attached hydrogens (tertiary/aromatic N) is 2. The van der Waals surface area contributed by atoms with Gasteiger partial charge in [-0.1, -0.05) is 42.8 Å². The van der Waals surface area contributed by atoms with E-state index in [0.29, 0.717) is 11.1 Å². The molecule has 4 heteroatoms. The summed E-state index contributed by atoms with van der Waals surface area (Å²) in [6, 6.07) is 8.29. The van der Waals surface area contributed by atoms with Gasteiger partial charge in [-0.25, -0.2) is 9.97 Å². The van der Waals surface area contributed by atoms with Crippen LogP contribution in [0.4, 0.5) is 0 Å². The van der Waals surface area contributed by atoms with Crippen LogP contribution in [0.15, 0.2) is 24.3 Å². The molecule has 1 saturated carbocycles. The third-order valence-corrected chi connectivity index (χ3v) is 5.10. The molecule has 1 aromatic heterocycles. The Morgan fingerprint density at radius 3 is 2.68 bits per heavy atom. The van der Waals surface area contributed by atoms with Crippen molar-refractivity contribution >= 4 is 34.2 Å². The molecule has 2 nitrogen and oxygen atoms in total. The van der Waals surface area contributed by atoms with Crippen molar-refractivity contribution in [3.8, 4) is 11.4 Å². The van der Waals surface area contributed by atoms with Crippen LogP contribution in [0.3, 0.4) is 0 Å². The smallest absolute Gasteiger partial charge is 0.161 e. The first kappa shape index (κ1) is 13.3. The van der Waals surface area contributed by atoms with Gasteiger partial charge in [0.05, 0.1) is 9.26 Å². The number of rotatable bonds is 3. The molecule has 0 bridgehead atoms. The summed E-state index contributed by atoms with van der Waals surface area (Å²) in [4.78, 5) is 9.24. The number of benzene rings is 1. The van der Waals surface area contributed by atoms with Gasteiger partial charge in [0.1, 0.15) is 5.15 Å². The maximum atomic E-state index is 6.28. The first-order chi connectivity index (χ1) is 9.20. The fourth-order valence-corrected chi connectivity index (χ4v) is 3.09. The van der Waals surface area contributed by atoms with Gasteiger partial charge in [-0.2, -0.15) is 0 Å². The first-order valence-electron chi connectivity index (χ1n) is 6.52. The normalized spacial score (nSPS) is 14.7. The number of hydrogen-bond donors (Lipinski definition) is 0. The number of hydrogen-bond acceptors (Lipinski definition) is 2. The minimum absolute atomic E-state index is 0.582. The number of aryl methyl sites for hydroxylation is 1. The molecule has 0 amide bonds. The minimum Gasteiger partial charge on any atom is -0.232 e. The molecule has 2 aromatic rings. The van der Waals surface area contributed by atoms with Crippen molar-refractivity contribution in [1.82, 2.24) is 9.97 Å². The average molecular weight is 385 g/mol. The van der Waals surface area contributed by atoms with Crippen LogP contribution in [-0.4, -0.2) is 9.97 Å². The second-order valence-corrected chi connectivity index (χ2v) is 6.26. The maximum Gasteiger partial charge on any atom is 0.161 e. The fraction of sp³-hybridized carbons (Fsp3) is 0.333. The standard InChI is InChI=1S/C15H14ClIN2/c1-2-9-5-3-4-6-11(9)15-18-13(10-7-8-10)12(17)14(16)19-15/h3-6,10H,2,7-8H2,1H3. The lowest BCUT2D eigenvalue weighted by Crippen LogP contribution is -2.01. The van der Waals surface area contributed by atoms with Crippen LogP contribution in [0, 0.1) is 3.57 Å². The zero-order chi connectivity index (χ0) is 13.4. The molecule has 98 valence electrons. The van der Waals surface area contributed by atoms with Gasteiger partial charge in [-0.05, 0) is 47.4 Å². The molecule has 0 atom stereocenters. The van der Waals surface area contributed by atoms with Gasteiger partial charge in [-0.15, -0.1) is 0 Å². The average Bonchev–Trinajstić information content (AvgIpc) is 3.26. The van der Waals surface area contributed by atoms with Crippen LogP contribution in [0.25, 0.3) is 11.4 Å². The summed E-state index contributed by atoms with van der Waals surface area (Å²) >= 11 is 8.53. The summed E-state index contributed by atoms with van der Waals surface area (Å²) in [5.74, 6) is 1.35. The van der Waals surface area contributed by atoms with Gasteiger partial charge in [0.2, 0.25) is 0 Å². The lowest BCUT2D eigenvalue weighted by atomic mass is 10.0. The highest BCUT2D eigenvalue weighted by Gasteiger charge is 2.29. The highest BCUT2D eigenvalue weighted by atomic mass is 127. The number of aromatic nitrogens is 2. The van der Waals surface area contributed by atoms with Gasteiger partial charge < -0.3 is 0 Å². The quantitative estimate of drug-likeness (QED) is 0.559. The molecule has 1 fully saturated rings. The van der Waals surface area contributed by atoms with Crippen molar-refractivity contribution in [1.29, 1.82) is 0 Å². The Kier molecular flexibility index (Phi) is 3.76. The first-order valence-corrected chi connectivity index (χ1v) is 7.97. The lowest BCUT2D eigenvalue weighted by Gasteiger charge is -2.10. The molecule has 0 unspecified atom stereocenters. The number of halogens is 2. The van der Waals surface area contributed by atoms with Crippen molar-refractivity contribution in [3.63, 3.8) is 0 Å². The van der Waals surface area contributed by atoms with Crippen molar-refractivity contribution < 1.29 is 0 Å². The molecule has 19 heavy (non-hydrogen) atoms. The van der Waals surface area contributed by atoms with Crippen LogP contribution in [0.2, 0.25) is 5.15 Å². The van der Waals surface area contributed by atoms with E-state index in [2.05, 4.69) is 52.7 Å². The second kappa shape index (κ2) is 5.37. The summed E-state index contributed by atoms with van der Waals surface area (Å²) in [7, 11) is 0. The molecule has 0 aliphatic heterocycles. The predicted octanol–water partition coefficient (Wildman–Crippen LogP) is 4.84. The van der Waals surface area contributed by atoms with Gasteiger partial charge >= 0.3 is 0 Å². The predicted molar refractivity (Wildman–Crippen MR) is 86.5 cm³/mol. The minimum atomic E-state index is 0.582. The lowest BCUT2D eigenvalue weighted by molar-refractivity contribution is 0.974. The Labute approximate surface area is 131 Å². The third-order valence-electron chi connectivity index (χ3n) is 3.44. The summed E-state index contributed by atoms with van der Waals surface area (Å²) < 4.78 is 1.01. The largest absolute Gasteiger partial charge is 0.232 e. The Bertz CT molecular complexity index is 624. The van der Waals surface area contributed by atoms with Crippen molar-refractivity contribution in [2.45, 2.75) is 32.1 Å². The highest BCUT2D eigenvalue weighted by Crippen LogP contribution is 2.42. The summed E-state index contributed by atoms with van der Waals surface area (Å²) in [5, 5.41) is 0.582. The van der Waals surface area contributed by atoms with E-state index in [1.807, 2.05) is 6.07 Å². The van der Waals surface area contributed by atoms with Crippen LogP contribution < -0.4 is 0 Å². The van der Waals surface area contributed by atoms with Crippen molar-refractivity contribution in [2.24, 2.45) is 0 Å². The molecule has 0 saturated heterocycles. The topological polar surface area (TPSA) is 25.8 Å². The molecular weight excluding hydrogens is 371 g/mol. The van der Waals surface area contributed by atoms with Gasteiger partial charge in [-0.3, -0.25) is 0 Å². The van der Waals surface area contributed by atoms with Crippen LogP contribution in [0.5, 0.6) is 0 Å². The van der Waals surface area contributed by atoms with E-state index in [-0.39, 0.29) is 0 Å². The monoisotopic (exact) mass is 384 g/mol. The molecule has 1 heterocycles. The Hall–Kier alpha value is -0.680. The third kappa shape index (κ3) is 2.63. The van der Waals surface area contributed by atoms with E-state index in [1.54, 1.807) is 0 Å². The molecule has 3 rings (SSSR count). The van der Waals surface area contributed by atoms with Crippen LogP contribution >= 0.6 is 34.2 Å². The van der Waals surface area contributed by atoms with Gasteiger partial charge in [0, 0.05) is 11.5 Å². The van der Waals surface area contributed by atoms with E-state index >= 15 is 0 Å². The zero-order valence-corrected chi connectivity index (χ0v) is 13.6. The van der Waals surface area contributed by atoms with E-state index in [9.17, 15) is 0 Å². The van der Waals surface area contributed by atoms with E-state index in [1.165, 1.54) is 18.4 Å². The van der Waals surface area contributed by atoms with Crippen molar-refractivity contribution in [2.75, 3.05) is 0 Å². The van der Waals surface area contributed by atoms with E-state index in [4.69, 9.17) is 16.6 Å². The maximum absolute atomic E-state index is 6.28. The van der Waals surface area contributed by atoms with E-state index in [0.717, 1.165) is 27.1 Å². The van der Waals surface area contributed by atoms with E-state index < -0.39 is 0 Å². The molecule has 0 radical (unpaired) electrons.